The number of aromatic nitrogens is 6. The first-order valence-electron chi connectivity index (χ1n) is 13.1. The van der Waals surface area contributed by atoms with E-state index in [4.69, 9.17) is 11.6 Å². The molecule has 1 amide bonds. The number of ketones is 1. The van der Waals surface area contributed by atoms with Crippen LogP contribution < -0.4 is 5.32 Å². The fourth-order valence-corrected chi connectivity index (χ4v) is 6.82. The molecule has 2 aromatic carbocycles. The van der Waals surface area contributed by atoms with Gasteiger partial charge in [-0.25, -0.2) is 13.1 Å². The van der Waals surface area contributed by atoms with Gasteiger partial charge in [0.15, 0.2) is 15.6 Å². The molecule has 2 N–H and O–H groups in total. The molecule has 1 saturated heterocycles. The van der Waals surface area contributed by atoms with Crippen molar-refractivity contribution in [3.63, 3.8) is 0 Å². The zero-order chi connectivity index (χ0) is 32.7. The molecule has 2 unspecified atom stereocenters. The standard InChI is InChI=1S/C27H22ClF3N8O5S/c1-14-6-15(10-32)7-18(25(42)33-20-12-45(43,44)13-24(20)41)17(14)9-23(40)22-8-16(11-38-36-26(34-37-38)27(29,30)31)35-39(22)21-5-3-2-4-19(21)28/h2-8,20,24,41H,9,11-13H2,1H3,(H,33,42). The Morgan fingerprint density at radius 3 is 2.53 bits per heavy atom. The summed E-state index contributed by atoms with van der Waals surface area (Å²) in [6, 6.07) is 11.3. The van der Waals surface area contributed by atoms with Gasteiger partial charge in [0.05, 0.1) is 51.7 Å². The van der Waals surface area contributed by atoms with Crippen molar-refractivity contribution in [2.75, 3.05) is 11.5 Å². The fourth-order valence-electron chi connectivity index (χ4n) is 4.86. The maximum atomic E-state index is 13.9. The normalized spacial score (nSPS) is 17.6. The van der Waals surface area contributed by atoms with Crippen molar-refractivity contribution in [3.8, 4) is 11.8 Å². The summed E-state index contributed by atoms with van der Waals surface area (Å²) in [7, 11) is -3.58. The molecular formula is C27H22ClF3N8O5S. The molecule has 0 spiro atoms. The summed E-state index contributed by atoms with van der Waals surface area (Å²) in [5, 5.41) is 36.4. The van der Waals surface area contributed by atoms with E-state index in [0.717, 1.165) is 0 Å². The van der Waals surface area contributed by atoms with Gasteiger partial charge in [0.2, 0.25) is 0 Å². The van der Waals surface area contributed by atoms with Gasteiger partial charge in [0, 0.05) is 12.0 Å². The number of aliphatic hydroxyl groups excluding tert-OH is 1. The molecule has 1 fully saturated rings. The second-order valence-electron chi connectivity index (χ2n) is 10.3. The van der Waals surface area contributed by atoms with Gasteiger partial charge in [0.1, 0.15) is 12.2 Å². The molecule has 1 aliphatic rings. The molecule has 45 heavy (non-hydrogen) atoms. The van der Waals surface area contributed by atoms with Gasteiger partial charge in [-0.3, -0.25) is 9.59 Å². The predicted octanol–water partition coefficient (Wildman–Crippen LogP) is 2.07. The minimum absolute atomic E-state index is 0.0401. The van der Waals surface area contributed by atoms with Gasteiger partial charge in [-0.2, -0.15) is 28.3 Å². The van der Waals surface area contributed by atoms with Crippen LogP contribution in [0.1, 0.15) is 49.1 Å². The van der Waals surface area contributed by atoms with Crippen molar-refractivity contribution >= 4 is 33.1 Å². The molecule has 18 heteroatoms. The number of alkyl halides is 3. The van der Waals surface area contributed by atoms with E-state index < -0.39 is 63.6 Å². The first kappa shape index (κ1) is 31.8. The summed E-state index contributed by atoms with van der Waals surface area (Å²) in [5.74, 6) is -3.82. The number of rotatable bonds is 8. The number of nitrogens with one attached hydrogen (secondary N) is 1. The molecule has 0 radical (unpaired) electrons. The Morgan fingerprint density at radius 1 is 1.18 bits per heavy atom. The van der Waals surface area contributed by atoms with E-state index in [0.29, 0.717) is 10.4 Å². The number of benzene rings is 2. The third-order valence-electron chi connectivity index (χ3n) is 6.96. The molecular weight excluding hydrogens is 641 g/mol. The van der Waals surface area contributed by atoms with E-state index >= 15 is 0 Å². The van der Waals surface area contributed by atoms with Gasteiger partial charge < -0.3 is 10.4 Å². The lowest BCUT2D eigenvalue weighted by Crippen LogP contribution is -2.43. The van der Waals surface area contributed by atoms with E-state index in [-0.39, 0.29) is 45.3 Å². The maximum Gasteiger partial charge on any atom is 0.455 e. The third kappa shape index (κ3) is 6.87. The quantitative estimate of drug-likeness (QED) is 0.265. The Bertz CT molecular complexity index is 1970. The highest BCUT2D eigenvalue weighted by Gasteiger charge is 2.38. The number of nitrogens with zero attached hydrogens (tertiary/aromatic N) is 7. The molecule has 5 rings (SSSR count). The monoisotopic (exact) mass is 662 g/mol. The van der Waals surface area contributed by atoms with Crippen molar-refractivity contribution in [1.82, 2.24) is 35.3 Å². The number of carbonyl (C=O) groups is 2. The summed E-state index contributed by atoms with van der Waals surface area (Å²) in [4.78, 5) is 27.9. The van der Waals surface area contributed by atoms with Gasteiger partial charge in [-0.15, -0.1) is 10.2 Å². The number of hydrogen-bond acceptors (Lipinski definition) is 10. The molecule has 0 aliphatic carbocycles. The Morgan fingerprint density at radius 2 is 1.91 bits per heavy atom. The van der Waals surface area contributed by atoms with Crippen LogP contribution in [-0.2, 0) is 29.0 Å². The topological polar surface area (TPSA) is 186 Å². The molecule has 0 bridgehead atoms. The number of amides is 1. The van der Waals surface area contributed by atoms with E-state index in [1.807, 2.05) is 6.07 Å². The molecule has 3 heterocycles. The van der Waals surface area contributed by atoms with Crippen LogP contribution in [0.15, 0.2) is 42.5 Å². The molecule has 13 nitrogen and oxygen atoms in total. The number of para-hydroxylation sites is 1. The zero-order valence-corrected chi connectivity index (χ0v) is 24.7. The largest absolute Gasteiger partial charge is 0.455 e. The summed E-state index contributed by atoms with van der Waals surface area (Å²) >= 11 is 6.37. The number of carbonyl (C=O) groups excluding carboxylic acids is 2. The number of hydrogen-bond donors (Lipinski definition) is 2. The van der Waals surface area contributed by atoms with Crippen LogP contribution in [0.5, 0.6) is 0 Å². The van der Waals surface area contributed by atoms with Crippen molar-refractivity contribution in [2.45, 2.75) is 38.2 Å². The lowest BCUT2D eigenvalue weighted by Gasteiger charge is -2.18. The van der Waals surface area contributed by atoms with Crippen LogP contribution in [0.2, 0.25) is 5.02 Å². The number of nitriles is 1. The zero-order valence-electron chi connectivity index (χ0n) is 23.2. The highest BCUT2D eigenvalue weighted by atomic mass is 35.5. The molecule has 4 aromatic rings. The number of sulfone groups is 1. The second kappa shape index (κ2) is 12.0. The Balaban J connectivity index is 1.51. The van der Waals surface area contributed by atoms with Crippen molar-refractivity contribution in [1.29, 1.82) is 5.26 Å². The Hall–Kier alpha value is -4.66. The molecule has 234 valence electrons. The minimum Gasteiger partial charge on any atom is -0.390 e. The summed E-state index contributed by atoms with van der Waals surface area (Å²) in [6.07, 6.45) is -6.55. The average Bonchev–Trinajstić information content (AvgIpc) is 3.67. The Labute approximate surface area is 258 Å². The van der Waals surface area contributed by atoms with Crippen LogP contribution in [0.25, 0.3) is 5.69 Å². The van der Waals surface area contributed by atoms with Gasteiger partial charge in [-0.1, -0.05) is 23.7 Å². The third-order valence-corrected chi connectivity index (χ3v) is 9.00. The highest BCUT2D eigenvalue weighted by molar-refractivity contribution is 7.91. The molecule has 0 saturated carbocycles. The van der Waals surface area contributed by atoms with Crippen LogP contribution in [0, 0.1) is 18.3 Å². The van der Waals surface area contributed by atoms with E-state index in [1.165, 1.54) is 22.9 Å². The van der Waals surface area contributed by atoms with Gasteiger partial charge >= 0.3 is 6.18 Å². The molecule has 2 aromatic heterocycles. The number of halogens is 4. The average molecular weight is 663 g/mol. The molecule has 1 aliphatic heterocycles. The summed E-state index contributed by atoms with van der Waals surface area (Å²) in [5.41, 5.74) is 0.984. The first-order valence-corrected chi connectivity index (χ1v) is 15.3. The lowest BCUT2D eigenvalue weighted by atomic mass is 9.93. The number of aryl methyl sites for hydroxylation is 1. The lowest BCUT2D eigenvalue weighted by molar-refractivity contribution is -0.145. The van der Waals surface area contributed by atoms with Crippen molar-refractivity contribution < 1.29 is 36.3 Å². The van der Waals surface area contributed by atoms with Gasteiger partial charge in [0.25, 0.3) is 11.7 Å². The highest BCUT2D eigenvalue weighted by Crippen LogP contribution is 2.27. The fraction of sp³-hybridized carbons (Fsp3) is 0.296. The van der Waals surface area contributed by atoms with Crippen LogP contribution in [-0.4, -0.2) is 78.9 Å². The smallest absolute Gasteiger partial charge is 0.390 e. The number of tetrazole rings is 1. The maximum absolute atomic E-state index is 13.9. The van der Waals surface area contributed by atoms with E-state index in [1.54, 1.807) is 31.2 Å². The van der Waals surface area contributed by atoms with Crippen LogP contribution in [0.3, 0.4) is 0 Å². The van der Waals surface area contributed by atoms with Crippen LogP contribution in [0.4, 0.5) is 13.2 Å². The first-order chi connectivity index (χ1) is 21.1. The summed E-state index contributed by atoms with van der Waals surface area (Å²) < 4.78 is 64.0. The second-order valence-corrected chi connectivity index (χ2v) is 12.8. The predicted molar refractivity (Wildman–Crippen MR) is 150 cm³/mol. The molecule has 2 atom stereocenters. The SMILES string of the molecule is Cc1cc(C#N)cc(C(=O)NC2CS(=O)(=O)CC2O)c1CC(=O)c1cc(Cn2nnc(C(F)(F)F)n2)nn1-c1ccccc1Cl. The number of Topliss-reactive ketones (excluding diaryl/α,β-unsaturated/α-hetero) is 1. The van der Waals surface area contributed by atoms with Crippen molar-refractivity contribution in [2.24, 2.45) is 0 Å². The number of aliphatic hydroxyl groups is 1. The van der Waals surface area contributed by atoms with E-state index in [9.17, 15) is 41.5 Å². The minimum atomic E-state index is -4.82. The van der Waals surface area contributed by atoms with E-state index in [2.05, 4.69) is 25.8 Å². The van der Waals surface area contributed by atoms with Gasteiger partial charge in [-0.05, 0) is 53.6 Å². The Kier molecular flexibility index (Phi) is 8.49. The summed E-state index contributed by atoms with van der Waals surface area (Å²) in [6.45, 7) is 1.21. The van der Waals surface area contributed by atoms with Crippen LogP contribution >= 0.6 is 11.6 Å². The van der Waals surface area contributed by atoms with Crippen molar-refractivity contribution in [3.05, 3.63) is 87.0 Å².